The van der Waals surface area contributed by atoms with Crippen molar-refractivity contribution in [3.63, 3.8) is 0 Å². The average Bonchev–Trinajstić information content (AvgIpc) is 3.01. The molecule has 0 saturated carbocycles. The number of nitrogens with one attached hydrogen (secondary N) is 1. The monoisotopic (exact) mass is 385 g/mol. The van der Waals surface area contributed by atoms with Crippen LogP contribution in [0.1, 0.15) is 33.9 Å². The smallest absolute Gasteiger partial charge is 0.246 e. The van der Waals surface area contributed by atoms with E-state index >= 15 is 0 Å². The van der Waals surface area contributed by atoms with Gasteiger partial charge in [-0.2, -0.15) is 10.2 Å². The molecule has 0 atom stereocenters. The van der Waals surface area contributed by atoms with Gasteiger partial charge in [0.1, 0.15) is 6.54 Å². The van der Waals surface area contributed by atoms with Crippen molar-refractivity contribution in [2.24, 2.45) is 0 Å². The average molecular weight is 386 g/mol. The van der Waals surface area contributed by atoms with Crippen LogP contribution < -0.4 is 5.32 Å². The zero-order valence-electron chi connectivity index (χ0n) is 16.3. The number of carbonyl (C=O) groups excluding carboxylic acids is 1. The van der Waals surface area contributed by atoms with Crippen LogP contribution in [0.25, 0.3) is 0 Å². The van der Waals surface area contributed by atoms with Gasteiger partial charge in [-0.15, -0.1) is 0 Å². The molecule has 0 unspecified atom stereocenters. The predicted octanol–water partition coefficient (Wildman–Crippen LogP) is 3.96. The molecule has 2 aromatic heterocycles. The number of rotatable bonds is 5. The number of aryl methyl sites for hydroxylation is 3. The van der Waals surface area contributed by atoms with Crippen LogP contribution in [0.5, 0.6) is 0 Å². The second kappa shape index (κ2) is 7.56. The number of hydrogen-bond donors (Lipinski definition) is 1. The predicted molar refractivity (Wildman–Crippen MR) is 107 cm³/mol. The van der Waals surface area contributed by atoms with Crippen molar-refractivity contribution >= 4 is 23.2 Å². The molecule has 0 aliphatic rings. The summed E-state index contributed by atoms with van der Waals surface area (Å²) >= 11 is 6.16. The first kappa shape index (κ1) is 19.2. The summed E-state index contributed by atoms with van der Waals surface area (Å²) in [5.41, 5.74) is 6.40. The number of nitrogens with zero attached hydrogens (tertiary/aromatic N) is 4. The molecule has 3 aromatic rings. The summed E-state index contributed by atoms with van der Waals surface area (Å²) in [7, 11) is 0. The molecule has 142 valence electrons. The molecular weight excluding hydrogens is 362 g/mol. The van der Waals surface area contributed by atoms with Crippen molar-refractivity contribution in [2.45, 2.75) is 47.7 Å². The summed E-state index contributed by atoms with van der Waals surface area (Å²) in [5.74, 6) is -0.154. The van der Waals surface area contributed by atoms with E-state index in [1.54, 1.807) is 4.68 Å². The quantitative estimate of drug-likeness (QED) is 0.722. The lowest BCUT2D eigenvalue weighted by Crippen LogP contribution is -2.21. The molecule has 2 heterocycles. The summed E-state index contributed by atoms with van der Waals surface area (Å²) in [6.07, 6.45) is 0. The highest BCUT2D eigenvalue weighted by molar-refractivity contribution is 6.31. The van der Waals surface area contributed by atoms with Gasteiger partial charge in [0.25, 0.3) is 0 Å². The molecular formula is C20H24ClN5O. The molecule has 0 aliphatic heterocycles. The van der Waals surface area contributed by atoms with Gasteiger partial charge in [-0.05, 0) is 45.7 Å². The number of carbonyl (C=O) groups is 1. The second-order valence-electron chi connectivity index (χ2n) is 6.82. The summed E-state index contributed by atoms with van der Waals surface area (Å²) in [5, 5.41) is 12.5. The van der Waals surface area contributed by atoms with Crippen LogP contribution in [0.4, 0.5) is 5.69 Å². The Labute approximate surface area is 164 Å². The minimum atomic E-state index is -0.154. The lowest BCUT2D eigenvalue weighted by molar-refractivity contribution is -0.116. The molecule has 1 N–H and O–H groups in total. The fourth-order valence-electron chi connectivity index (χ4n) is 3.12. The maximum Gasteiger partial charge on any atom is 0.246 e. The van der Waals surface area contributed by atoms with Gasteiger partial charge in [0, 0.05) is 0 Å². The van der Waals surface area contributed by atoms with Gasteiger partial charge < -0.3 is 5.32 Å². The summed E-state index contributed by atoms with van der Waals surface area (Å²) in [4.78, 5) is 12.5. The van der Waals surface area contributed by atoms with Gasteiger partial charge in [-0.25, -0.2) is 0 Å². The lowest BCUT2D eigenvalue weighted by Gasteiger charge is -2.09. The Morgan fingerprint density at radius 2 is 1.67 bits per heavy atom. The zero-order valence-corrected chi connectivity index (χ0v) is 17.1. The first-order valence-electron chi connectivity index (χ1n) is 8.85. The number of halogens is 1. The molecule has 6 nitrogen and oxygen atoms in total. The Balaban J connectivity index is 1.77. The summed E-state index contributed by atoms with van der Waals surface area (Å²) in [6.45, 7) is 10.4. The normalized spacial score (nSPS) is 11.0. The number of anilines is 1. The summed E-state index contributed by atoms with van der Waals surface area (Å²) < 4.78 is 3.54. The standard InChI is InChI=1S/C20H24ClN5O/c1-12-8-6-7-9-17(12)10-25-16(5)20(14(3)24-25)22-18(27)11-26-15(4)19(21)13(2)23-26/h6-9H,10-11H2,1-5H3,(H,22,27). The fraction of sp³-hybridized carbons (Fsp3) is 0.350. The molecule has 0 spiro atoms. The topological polar surface area (TPSA) is 64.7 Å². The van der Waals surface area contributed by atoms with Crippen LogP contribution in [-0.2, 0) is 17.9 Å². The van der Waals surface area contributed by atoms with E-state index in [1.807, 2.05) is 44.5 Å². The first-order valence-corrected chi connectivity index (χ1v) is 9.23. The van der Waals surface area contributed by atoms with Crippen molar-refractivity contribution in [1.29, 1.82) is 0 Å². The SMILES string of the molecule is Cc1ccccc1Cn1nc(C)c(NC(=O)Cn2nc(C)c(Cl)c2C)c1C. The molecule has 27 heavy (non-hydrogen) atoms. The van der Waals surface area contributed by atoms with Gasteiger partial charge in [0.2, 0.25) is 5.91 Å². The molecule has 1 amide bonds. The molecule has 0 radical (unpaired) electrons. The minimum Gasteiger partial charge on any atom is -0.321 e. The second-order valence-corrected chi connectivity index (χ2v) is 7.20. The molecule has 3 rings (SSSR count). The van der Waals surface area contributed by atoms with Crippen LogP contribution in [0.3, 0.4) is 0 Å². The van der Waals surface area contributed by atoms with Crippen LogP contribution in [0, 0.1) is 34.6 Å². The van der Waals surface area contributed by atoms with Crippen LogP contribution in [0.2, 0.25) is 5.02 Å². The summed E-state index contributed by atoms with van der Waals surface area (Å²) in [6, 6.07) is 8.23. The third-order valence-electron chi connectivity index (χ3n) is 4.81. The van der Waals surface area contributed by atoms with Gasteiger partial charge in [0.15, 0.2) is 0 Å². The van der Waals surface area contributed by atoms with Crippen LogP contribution in [0.15, 0.2) is 24.3 Å². The maximum absolute atomic E-state index is 12.5. The van der Waals surface area contributed by atoms with E-state index in [9.17, 15) is 4.79 Å². The molecule has 0 aliphatic carbocycles. The Bertz CT molecular complexity index is 1000. The van der Waals surface area contributed by atoms with Crippen molar-refractivity contribution < 1.29 is 4.79 Å². The Hall–Kier alpha value is -2.60. The zero-order chi connectivity index (χ0) is 19.7. The molecule has 0 bridgehead atoms. The van der Waals surface area contributed by atoms with E-state index in [0.717, 1.165) is 28.5 Å². The lowest BCUT2D eigenvalue weighted by atomic mass is 10.1. The minimum absolute atomic E-state index is 0.112. The van der Waals surface area contributed by atoms with Gasteiger partial charge in [-0.1, -0.05) is 35.9 Å². The maximum atomic E-state index is 12.5. The third-order valence-corrected chi connectivity index (χ3v) is 5.36. The van der Waals surface area contributed by atoms with Crippen LogP contribution in [-0.4, -0.2) is 25.5 Å². The van der Waals surface area contributed by atoms with E-state index in [2.05, 4.69) is 34.6 Å². The van der Waals surface area contributed by atoms with Crippen molar-refractivity contribution in [1.82, 2.24) is 19.6 Å². The molecule has 0 fully saturated rings. The Kier molecular flexibility index (Phi) is 5.37. The van der Waals surface area contributed by atoms with Crippen molar-refractivity contribution in [3.05, 3.63) is 63.2 Å². The van der Waals surface area contributed by atoms with Crippen LogP contribution >= 0.6 is 11.6 Å². The van der Waals surface area contributed by atoms with E-state index in [-0.39, 0.29) is 12.5 Å². The first-order chi connectivity index (χ1) is 12.8. The fourth-order valence-corrected chi connectivity index (χ4v) is 3.26. The van der Waals surface area contributed by atoms with Gasteiger partial charge in [0.05, 0.1) is 40.0 Å². The Morgan fingerprint density at radius 1 is 1.00 bits per heavy atom. The van der Waals surface area contributed by atoms with E-state index in [1.165, 1.54) is 11.1 Å². The Morgan fingerprint density at radius 3 is 2.30 bits per heavy atom. The number of aromatic nitrogens is 4. The number of benzene rings is 1. The highest BCUT2D eigenvalue weighted by Gasteiger charge is 2.17. The van der Waals surface area contributed by atoms with E-state index in [4.69, 9.17) is 11.6 Å². The molecule has 7 heteroatoms. The van der Waals surface area contributed by atoms with Gasteiger partial charge in [-0.3, -0.25) is 14.2 Å². The number of hydrogen-bond acceptors (Lipinski definition) is 3. The highest BCUT2D eigenvalue weighted by Crippen LogP contribution is 2.22. The van der Waals surface area contributed by atoms with Crippen molar-refractivity contribution in [2.75, 3.05) is 5.32 Å². The van der Waals surface area contributed by atoms with Gasteiger partial charge >= 0.3 is 0 Å². The van der Waals surface area contributed by atoms with Crippen molar-refractivity contribution in [3.8, 4) is 0 Å². The third kappa shape index (κ3) is 3.90. The molecule has 1 aromatic carbocycles. The van der Waals surface area contributed by atoms with E-state index in [0.29, 0.717) is 11.6 Å². The number of amides is 1. The van der Waals surface area contributed by atoms with E-state index < -0.39 is 0 Å². The molecule has 0 saturated heterocycles. The highest BCUT2D eigenvalue weighted by atomic mass is 35.5. The largest absolute Gasteiger partial charge is 0.321 e.